The van der Waals surface area contributed by atoms with Gasteiger partial charge in [-0.05, 0) is 49.2 Å². The van der Waals surface area contributed by atoms with E-state index in [1.54, 1.807) is 31.6 Å². The molecule has 1 fully saturated rings. The third kappa shape index (κ3) is 5.52. The van der Waals surface area contributed by atoms with Gasteiger partial charge in [0.2, 0.25) is 0 Å². The van der Waals surface area contributed by atoms with E-state index in [2.05, 4.69) is 10.3 Å². The Hall–Kier alpha value is -2.94. The van der Waals surface area contributed by atoms with E-state index in [-0.39, 0.29) is 17.0 Å². The van der Waals surface area contributed by atoms with Crippen molar-refractivity contribution in [2.24, 2.45) is 0 Å². The third-order valence-corrected chi connectivity index (χ3v) is 5.97. The van der Waals surface area contributed by atoms with Gasteiger partial charge in [0.1, 0.15) is 11.6 Å². The van der Waals surface area contributed by atoms with Gasteiger partial charge in [0.05, 0.1) is 35.9 Å². The van der Waals surface area contributed by atoms with Crippen molar-refractivity contribution in [3.05, 3.63) is 76.6 Å². The maximum atomic E-state index is 13.8. The first-order chi connectivity index (χ1) is 15.8. The molecule has 33 heavy (non-hydrogen) atoms. The fourth-order valence-corrected chi connectivity index (χ4v) is 4.26. The number of ether oxygens (including phenoxy) is 1. The molecule has 0 bridgehead atoms. The van der Waals surface area contributed by atoms with E-state index < -0.39 is 11.9 Å². The molecule has 2 heterocycles. The van der Waals surface area contributed by atoms with Gasteiger partial charge in [0.15, 0.2) is 0 Å². The maximum absolute atomic E-state index is 13.8. The Morgan fingerprint density at radius 2 is 2.12 bits per heavy atom. The number of aliphatic hydroxyl groups is 1. The minimum absolute atomic E-state index is 0.0761. The fourth-order valence-electron chi connectivity index (χ4n) is 4.15. The average Bonchev–Trinajstić information content (AvgIpc) is 3.21. The zero-order chi connectivity index (χ0) is 23.5. The number of amides is 1. The second-order valence-electron chi connectivity index (χ2n) is 8.31. The van der Waals surface area contributed by atoms with E-state index in [0.717, 1.165) is 16.9 Å². The first-order valence-electron chi connectivity index (χ1n) is 10.7. The number of nitrogens with zero attached hydrogens (tertiary/aromatic N) is 3. The molecule has 3 aromatic rings. The molecule has 1 saturated heterocycles. The van der Waals surface area contributed by atoms with Crippen LogP contribution >= 0.6 is 11.6 Å². The van der Waals surface area contributed by atoms with Gasteiger partial charge >= 0.3 is 0 Å². The van der Waals surface area contributed by atoms with Crippen molar-refractivity contribution >= 4 is 17.5 Å². The second-order valence-corrected chi connectivity index (χ2v) is 8.72. The molecule has 1 aliphatic heterocycles. The highest BCUT2D eigenvalue weighted by Gasteiger charge is 2.27. The molecule has 0 spiro atoms. The van der Waals surface area contributed by atoms with Crippen LogP contribution in [0.25, 0.3) is 5.69 Å². The van der Waals surface area contributed by atoms with Gasteiger partial charge in [0.25, 0.3) is 5.91 Å². The number of piperidine rings is 1. The lowest BCUT2D eigenvalue weighted by Crippen LogP contribution is -2.52. The molecular weight excluding hydrogens is 447 g/mol. The van der Waals surface area contributed by atoms with E-state index in [0.29, 0.717) is 37.4 Å². The van der Waals surface area contributed by atoms with Gasteiger partial charge in [-0.3, -0.25) is 9.69 Å². The Bertz CT molecular complexity index is 1150. The molecule has 2 aromatic carbocycles. The Balaban J connectivity index is 1.44. The number of hydrogen-bond donors (Lipinski definition) is 2. The zero-order valence-electron chi connectivity index (χ0n) is 18.5. The van der Waals surface area contributed by atoms with Crippen molar-refractivity contribution in [3.63, 3.8) is 0 Å². The van der Waals surface area contributed by atoms with Gasteiger partial charge in [0, 0.05) is 37.4 Å². The molecule has 174 valence electrons. The number of aliphatic hydroxyl groups excluding tert-OH is 1. The number of imidazole rings is 1. The number of halogens is 2. The number of likely N-dealkylation sites (tertiary alicyclic amines) is 1. The highest BCUT2D eigenvalue weighted by molar-refractivity contribution is 6.30. The summed E-state index contributed by atoms with van der Waals surface area (Å²) in [5.74, 6) is -0.173. The number of hydrogen-bond acceptors (Lipinski definition) is 5. The van der Waals surface area contributed by atoms with Crippen LogP contribution in [0.4, 0.5) is 4.39 Å². The highest BCUT2D eigenvalue weighted by atomic mass is 35.5. The van der Waals surface area contributed by atoms with Gasteiger partial charge < -0.3 is 19.7 Å². The van der Waals surface area contributed by atoms with Crippen molar-refractivity contribution in [2.75, 3.05) is 20.2 Å². The van der Waals surface area contributed by atoms with Gasteiger partial charge in [-0.1, -0.05) is 17.7 Å². The molecule has 2 N–H and O–H groups in total. The Morgan fingerprint density at radius 3 is 2.82 bits per heavy atom. The van der Waals surface area contributed by atoms with Crippen LogP contribution in [-0.4, -0.2) is 57.8 Å². The van der Waals surface area contributed by atoms with E-state index in [4.69, 9.17) is 16.3 Å². The number of carbonyl (C=O) groups excluding carboxylic acids is 1. The Morgan fingerprint density at radius 1 is 1.30 bits per heavy atom. The molecule has 7 nitrogen and oxygen atoms in total. The molecular formula is C24H26ClFN4O3. The van der Waals surface area contributed by atoms with Crippen molar-refractivity contribution in [1.82, 2.24) is 19.8 Å². The number of aromatic nitrogens is 2. The van der Waals surface area contributed by atoms with E-state index in [1.165, 1.54) is 12.1 Å². The number of rotatable bonds is 6. The molecule has 0 aliphatic carbocycles. The van der Waals surface area contributed by atoms with Crippen LogP contribution in [0.2, 0.25) is 5.02 Å². The van der Waals surface area contributed by atoms with Crippen molar-refractivity contribution < 1.29 is 19.0 Å². The predicted molar refractivity (Wildman–Crippen MR) is 123 cm³/mol. The number of aryl methyl sites for hydroxylation is 1. The SMILES string of the molecule is COc1cc(C(=O)NC2CC(O)CN(Cc3ccc(Cl)c(F)c3)C2)ccc1-n1cnc(C)c1. The van der Waals surface area contributed by atoms with Crippen LogP contribution in [0, 0.1) is 12.7 Å². The van der Waals surface area contributed by atoms with Gasteiger partial charge in [-0.2, -0.15) is 0 Å². The van der Waals surface area contributed by atoms with Crippen molar-refractivity contribution in [1.29, 1.82) is 0 Å². The quantitative estimate of drug-likeness (QED) is 0.575. The zero-order valence-corrected chi connectivity index (χ0v) is 19.2. The predicted octanol–water partition coefficient (Wildman–Crippen LogP) is 3.35. The number of β-amino-alcohol motifs (C(OH)–C–C–N with tert-alkyl or cyclic N) is 1. The summed E-state index contributed by atoms with van der Waals surface area (Å²) in [4.78, 5) is 19.2. The first-order valence-corrected chi connectivity index (χ1v) is 11.0. The van der Waals surface area contributed by atoms with Gasteiger partial charge in [-0.25, -0.2) is 9.37 Å². The molecule has 9 heteroatoms. The normalized spacial score (nSPS) is 18.8. The Kier molecular flexibility index (Phi) is 6.97. The largest absolute Gasteiger partial charge is 0.495 e. The lowest BCUT2D eigenvalue weighted by atomic mass is 10.0. The summed E-state index contributed by atoms with van der Waals surface area (Å²) in [5.41, 5.74) is 2.87. The fraction of sp³-hybridized carbons (Fsp3) is 0.333. The molecule has 0 saturated carbocycles. The standard InChI is InChI=1S/C24H26ClFN4O3/c1-15-10-30(14-27-15)22-6-4-17(8-23(22)33-2)24(32)28-18-9-19(31)13-29(12-18)11-16-3-5-20(25)21(26)7-16/h3-8,10,14,18-19,31H,9,11-13H2,1-2H3,(H,28,32). The van der Waals surface area contributed by atoms with Crippen LogP contribution < -0.4 is 10.1 Å². The second kappa shape index (κ2) is 9.91. The molecule has 2 atom stereocenters. The van der Waals surface area contributed by atoms with Crippen LogP contribution in [0.3, 0.4) is 0 Å². The number of benzene rings is 2. The summed E-state index contributed by atoms with van der Waals surface area (Å²) in [5, 5.41) is 13.4. The third-order valence-electron chi connectivity index (χ3n) is 5.66. The molecule has 1 aromatic heterocycles. The topological polar surface area (TPSA) is 79.6 Å². The summed E-state index contributed by atoms with van der Waals surface area (Å²) in [6.07, 6.45) is 3.42. The van der Waals surface area contributed by atoms with Gasteiger partial charge in [-0.15, -0.1) is 0 Å². The van der Waals surface area contributed by atoms with E-state index in [9.17, 15) is 14.3 Å². The first kappa shape index (κ1) is 23.2. The van der Waals surface area contributed by atoms with Crippen molar-refractivity contribution in [3.8, 4) is 11.4 Å². The minimum Gasteiger partial charge on any atom is -0.495 e. The number of methoxy groups -OCH3 is 1. The summed E-state index contributed by atoms with van der Waals surface area (Å²) in [6, 6.07) is 9.66. The molecule has 1 aliphatic rings. The highest BCUT2D eigenvalue weighted by Crippen LogP contribution is 2.25. The minimum atomic E-state index is -0.595. The summed E-state index contributed by atoms with van der Waals surface area (Å²) >= 11 is 5.76. The Labute approximate surface area is 196 Å². The van der Waals surface area contributed by atoms with Crippen LogP contribution in [0.1, 0.15) is 28.0 Å². The summed E-state index contributed by atoms with van der Waals surface area (Å²) in [6.45, 7) is 3.33. The van der Waals surface area contributed by atoms with Crippen molar-refractivity contribution in [2.45, 2.75) is 32.0 Å². The number of nitrogens with one attached hydrogen (secondary N) is 1. The number of carbonyl (C=O) groups is 1. The van der Waals surface area contributed by atoms with Crippen LogP contribution in [-0.2, 0) is 6.54 Å². The molecule has 2 unspecified atom stereocenters. The molecule has 0 radical (unpaired) electrons. The van der Waals surface area contributed by atoms with E-state index >= 15 is 0 Å². The summed E-state index contributed by atoms with van der Waals surface area (Å²) in [7, 11) is 1.55. The van der Waals surface area contributed by atoms with E-state index in [1.807, 2.05) is 28.7 Å². The van der Waals surface area contributed by atoms with Crippen LogP contribution in [0.15, 0.2) is 48.9 Å². The molecule has 4 rings (SSSR count). The lowest BCUT2D eigenvalue weighted by Gasteiger charge is -2.36. The average molecular weight is 473 g/mol. The monoisotopic (exact) mass is 472 g/mol. The molecule has 1 amide bonds. The maximum Gasteiger partial charge on any atom is 0.251 e. The lowest BCUT2D eigenvalue weighted by molar-refractivity contribution is 0.0459. The van der Waals surface area contributed by atoms with Crippen LogP contribution in [0.5, 0.6) is 5.75 Å². The smallest absolute Gasteiger partial charge is 0.251 e. The summed E-state index contributed by atoms with van der Waals surface area (Å²) < 4.78 is 21.1.